The van der Waals surface area contributed by atoms with Gasteiger partial charge in [0.25, 0.3) is 0 Å². The Balaban J connectivity index is 1.08. The van der Waals surface area contributed by atoms with Crippen molar-refractivity contribution < 1.29 is 13.2 Å². The zero-order chi connectivity index (χ0) is 48.3. The molecule has 6 nitrogen and oxygen atoms in total. The fraction of sp³-hybridized carbons (Fsp3) is 0. The molecule has 0 saturated heterocycles. The quantitative estimate of drug-likeness (QED) is 0.166. The van der Waals surface area contributed by atoms with E-state index in [-0.39, 0.29) is 17.5 Å². The third-order valence-electron chi connectivity index (χ3n) is 13.4. The Morgan fingerprint density at radius 1 is 0.250 bits per heavy atom. The van der Waals surface area contributed by atoms with Gasteiger partial charge < -0.3 is 0 Å². The summed E-state index contributed by atoms with van der Waals surface area (Å²) < 4.78 is 46.4. The minimum absolute atomic E-state index is 0.322. The zero-order valence-corrected chi connectivity index (χ0v) is 38.3. The predicted octanol–water partition coefficient (Wildman–Crippen LogP) is 16.4. The molecule has 10 aromatic rings. The second kappa shape index (κ2) is 17.4. The number of benzene rings is 9. The van der Waals surface area contributed by atoms with E-state index in [1.807, 2.05) is 182 Å². The first-order valence-electron chi connectivity index (χ1n) is 23.6. The number of hydrogen-bond acceptors (Lipinski definition) is 6. The van der Waals surface area contributed by atoms with Gasteiger partial charge >= 0.3 is 0 Å². The highest BCUT2D eigenvalue weighted by Crippen LogP contribution is 2.54. The van der Waals surface area contributed by atoms with Crippen LogP contribution in [0.25, 0.3) is 34.9 Å². The SMILES string of the molecule is Fc1ccccc1C=C1c2ccccc2N(c2nc(N3c4ccccc4C(=Cc4ccccc4F)c4ccccc43)nc(N3c4ccccc4C(=Cc4ccccc4F)c4ccccc43)n2)c2ccccc21. The monoisotopic (exact) mass is 936 g/mol. The summed E-state index contributed by atoms with van der Waals surface area (Å²) in [5.41, 5.74) is 13.8. The summed E-state index contributed by atoms with van der Waals surface area (Å²) in [5.74, 6) is 0.00639. The normalized spacial score (nSPS) is 13.0. The molecule has 0 N–H and O–H groups in total. The molecule has 0 atom stereocenters. The van der Waals surface area contributed by atoms with E-state index in [1.165, 1.54) is 18.2 Å². The van der Waals surface area contributed by atoms with Gasteiger partial charge in [0.2, 0.25) is 17.8 Å². The van der Waals surface area contributed by atoms with E-state index in [9.17, 15) is 0 Å². The van der Waals surface area contributed by atoms with Crippen molar-refractivity contribution in [1.82, 2.24) is 15.0 Å². The van der Waals surface area contributed by atoms with Crippen LogP contribution in [0.1, 0.15) is 50.1 Å². The zero-order valence-electron chi connectivity index (χ0n) is 38.3. The average Bonchev–Trinajstić information content (AvgIpc) is 3.42. The maximum absolute atomic E-state index is 15.5. The van der Waals surface area contributed by atoms with Crippen molar-refractivity contribution in [2.75, 3.05) is 14.7 Å². The van der Waals surface area contributed by atoms with E-state index in [4.69, 9.17) is 15.0 Å². The molecule has 9 heteroatoms. The number of anilines is 9. The van der Waals surface area contributed by atoms with Crippen LogP contribution in [-0.2, 0) is 0 Å². The van der Waals surface area contributed by atoms with Gasteiger partial charge in [0, 0.05) is 50.1 Å². The number of rotatable bonds is 6. The summed E-state index contributed by atoms with van der Waals surface area (Å²) in [7, 11) is 0. The summed E-state index contributed by atoms with van der Waals surface area (Å²) in [4.78, 5) is 22.7. The van der Waals surface area contributed by atoms with Crippen LogP contribution in [0.2, 0.25) is 0 Å². The van der Waals surface area contributed by atoms with Gasteiger partial charge in [-0.1, -0.05) is 164 Å². The number of halogens is 3. The lowest BCUT2D eigenvalue weighted by molar-refractivity contribution is 0.625. The van der Waals surface area contributed by atoms with Crippen LogP contribution in [0, 0.1) is 17.5 Å². The molecule has 0 bridgehead atoms. The van der Waals surface area contributed by atoms with Crippen LogP contribution >= 0.6 is 0 Å². The maximum atomic E-state index is 15.5. The van der Waals surface area contributed by atoms with E-state index >= 15 is 13.2 Å². The van der Waals surface area contributed by atoms with Crippen molar-refractivity contribution in [2.45, 2.75) is 0 Å². The van der Waals surface area contributed by atoms with Gasteiger partial charge in [-0.05, 0) is 89.5 Å². The summed E-state index contributed by atoms with van der Waals surface area (Å²) in [6.07, 6.45) is 5.70. The fourth-order valence-electron chi connectivity index (χ4n) is 10.2. The van der Waals surface area contributed by atoms with E-state index < -0.39 is 0 Å². The van der Waals surface area contributed by atoms with Crippen LogP contribution in [0.3, 0.4) is 0 Å². The van der Waals surface area contributed by atoms with E-state index in [0.29, 0.717) is 34.5 Å². The third-order valence-corrected chi connectivity index (χ3v) is 13.4. The molecule has 0 spiro atoms. The number of fused-ring (bicyclic) bond motifs is 6. The molecule has 4 heterocycles. The van der Waals surface area contributed by atoms with Gasteiger partial charge in [-0.15, -0.1) is 0 Å². The Labute approximate surface area is 413 Å². The van der Waals surface area contributed by atoms with Gasteiger partial charge in [-0.2, -0.15) is 15.0 Å². The first kappa shape index (κ1) is 42.5. The smallest absolute Gasteiger partial charge is 0.241 e. The van der Waals surface area contributed by atoms with Crippen LogP contribution in [-0.4, -0.2) is 15.0 Å². The number of para-hydroxylation sites is 6. The van der Waals surface area contributed by atoms with Crippen LogP contribution in [0.15, 0.2) is 218 Å². The van der Waals surface area contributed by atoms with E-state index in [2.05, 4.69) is 14.7 Å². The molecule has 0 fully saturated rings. The molecule has 0 aliphatic carbocycles. The molecule has 3 aliphatic heterocycles. The van der Waals surface area contributed by atoms with Crippen molar-refractivity contribution in [1.29, 1.82) is 0 Å². The molecule has 342 valence electrons. The topological polar surface area (TPSA) is 48.4 Å². The average molecular weight is 937 g/mol. The van der Waals surface area contributed by atoms with Gasteiger partial charge in [-0.3, -0.25) is 14.7 Å². The molecule has 3 aliphatic rings. The summed E-state index contributed by atoms with van der Waals surface area (Å²) in [6.45, 7) is 0. The summed E-state index contributed by atoms with van der Waals surface area (Å²) in [6, 6.07) is 68.4. The second-order valence-corrected chi connectivity index (χ2v) is 17.6. The highest BCUT2D eigenvalue weighted by atomic mass is 19.1. The second-order valence-electron chi connectivity index (χ2n) is 17.6. The first-order chi connectivity index (χ1) is 35.5. The predicted molar refractivity (Wildman–Crippen MR) is 284 cm³/mol. The Morgan fingerprint density at radius 3 is 0.667 bits per heavy atom. The molecule has 9 aromatic carbocycles. The van der Waals surface area contributed by atoms with Crippen LogP contribution < -0.4 is 14.7 Å². The first-order valence-corrected chi connectivity index (χ1v) is 23.6. The van der Waals surface area contributed by atoms with Gasteiger partial charge in [0.05, 0.1) is 34.1 Å². The van der Waals surface area contributed by atoms with Gasteiger partial charge in [-0.25, -0.2) is 13.2 Å². The molecule has 72 heavy (non-hydrogen) atoms. The van der Waals surface area contributed by atoms with Gasteiger partial charge in [0.15, 0.2) is 0 Å². The molecule has 1 aromatic heterocycles. The summed E-state index contributed by atoms with van der Waals surface area (Å²) in [5, 5.41) is 0. The summed E-state index contributed by atoms with van der Waals surface area (Å²) >= 11 is 0. The number of aromatic nitrogens is 3. The Bertz CT molecular complexity index is 3350. The Morgan fingerprint density at radius 2 is 0.444 bits per heavy atom. The molecule has 13 rings (SSSR count). The molecular formula is C63H39F3N6. The van der Waals surface area contributed by atoms with Crippen molar-refractivity contribution in [3.05, 3.63) is 286 Å². The van der Waals surface area contributed by atoms with Crippen LogP contribution in [0.4, 0.5) is 65.1 Å². The van der Waals surface area contributed by atoms with E-state index in [1.54, 1.807) is 36.4 Å². The fourth-order valence-corrected chi connectivity index (χ4v) is 10.2. The number of hydrogen-bond donors (Lipinski definition) is 0. The van der Waals surface area contributed by atoms with Crippen molar-refractivity contribution in [2.24, 2.45) is 0 Å². The van der Waals surface area contributed by atoms with E-state index in [0.717, 1.165) is 84.2 Å². The van der Waals surface area contributed by atoms with Crippen LogP contribution in [0.5, 0.6) is 0 Å². The third kappa shape index (κ3) is 7.09. The van der Waals surface area contributed by atoms with Crippen molar-refractivity contribution in [3.8, 4) is 0 Å². The molecule has 0 amide bonds. The van der Waals surface area contributed by atoms with Gasteiger partial charge in [0.1, 0.15) is 17.5 Å². The Hall–Kier alpha value is -9.60. The maximum Gasteiger partial charge on any atom is 0.241 e. The largest absolute Gasteiger partial charge is 0.278 e. The number of nitrogens with zero attached hydrogens (tertiary/aromatic N) is 6. The lowest BCUT2D eigenvalue weighted by Crippen LogP contribution is -2.27. The highest BCUT2D eigenvalue weighted by molar-refractivity contribution is 6.09. The standard InChI is InChI=1S/C63H39F3N6/c64-52-28-10-1-19-40(52)37-49-43-22-4-13-31-55(43)70(56-32-14-5-23-44(49)56)61-67-62(71-57-33-15-6-24-45(57)50(46-25-7-16-34-58(46)71)38-41-20-2-11-29-53(41)65)69-63(68-61)72-59-35-17-8-26-47(59)51(48-27-9-18-36-60(48)72)39-42-21-3-12-30-54(42)66/h1-39H. The molecule has 0 saturated carbocycles. The highest BCUT2D eigenvalue weighted by Gasteiger charge is 2.36. The Kier molecular flexibility index (Phi) is 10.3. The minimum Gasteiger partial charge on any atom is -0.278 e. The molecule has 0 radical (unpaired) electrons. The molecular weight excluding hydrogens is 898 g/mol. The lowest BCUT2D eigenvalue weighted by Gasteiger charge is -2.37. The molecule has 0 unspecified atom stereocenters. The van der Waals surface area contributed by atoms with Crippen molar-refractivity contribution >= 4 is 86.9 Å². The lowest BCUT2D eigenvalue weighted by atomic mass is 9.88. The van der Waals surface area contributed by atoms with Crippen molar-refractivity contribution in [3.63, 3.8) is 0 Å². The minimum atomic E-state index is -0.322.